The summed E-state index contributed by atoms with van der Waals surface area (Å²) in [7, 11) is 0. The number of furan rings is 1. The Hall–Kier alpha value is -2.52. The predicted molar refractivity (Wildman–Crippen MR) is 117 cm³/mol. The first kappa shape index (κ1) is 21.7. The normalized spacial score (nSPS) is 18.1. The van der Waals surface area contributed by atoms with E-state index in [1.807, 2.05) is 26.0 Å². The molecule has 0 N–H and O–H groups in total. The topological polar surface area (TPSA) is 88.6 Å². The van der Waals surface area contributed by atoms with Crippen molar-refractivity contribution < 1.29 is 13.9 Å². The van der Waals surface area contributed by atoms with E-state index in [9.17, 15) is 0 Å². The first-order valence-electron chi connectivity index (χ1n) is 11.2. The lowest BCUT2D eigenvalue weighted by Gasteiger charge is -2.28. The molecule has 0 bridgehead atoms. The maximum absolute atomic E-state index is 5.95. The van der Waals surface area contributed by atoms with E-state index in [2.05, 4.69) is 30.0 Å². The van der Waals surface area contributed by atoms with E-state index in [4.69, 9.17) is 13.9 Å². The number of aryl methyl sites for hydroxylation is 2. The minimum atomic E-state index is 0.334. The summed E-state index contributed by atoms with van der Waals surface area (Å²) in [6.07, 6.45) is 3.87. The van der Waals surface area contributed by atoms with Gasteiger partial charge in [0.25, 0.3) is 0 Å². The van der Waals surface area contributed by atoms with Gasteiger partial charge in [0, 0.05) is 31.8 Å². The molecular weight excluding hydrogens is 396 g/mol. The van der Waals surface area contributed by atoms with Gasteiger partial charge >= 0.3 is 6.01 Å². The third-order valence-electron chi connectivity index (χ3n) is 5.72. The molecule has 2 aliphatic heterocycles. The molecule has 31 heavy (non-hydrogen) atoms. The van der Waals surface area contributed by atoms with Crippen LogP contribution < -0.4 is 9.64 Å². The Morgan fingerprint density at radius 1 is 1.03 bits per heavy atom. The van der Waals surface area contributed by atoms with E-state index in [0.717, 1.165) is 55.6 Å². The number of anilines is 1. The summed E-state index contributed by atoms with van der Waals surface area (Å²) >= 11 is 0. The van der Waals surface area contributed by atoms with Crippen molar-refractivity contribution in [3.8, 4) is 6.01 Å². The lowest BCUT2D eigenvalue weighted by atomic mass is 10.1. The quantitative estimate of drug-likeness (QED) is 0.593. The van der Waals surface area contributed by atoms with Crippen molar-refractivity contribution in [1.82, 2.24) is 14.9 Å². The number of ether oxygens (including phenoxy) is 2. The van der Waals surface area contributed by atoms with Crippen LogP contribution in [0.5, 0.6) is 6.01 Å². The molecule has 0 aromatic carbocycles. The summed E-state index contributed by atoms with van der Waals surface area (Å²) in [5.74, 6) is 2.21. The number of piperidine rings is 1. The molecule has 168 valence electrons. The third kappa shape index (κ3) is 6.24. The number of hydrogen-bond donors (Lipinski definition) is 0. The summed E-state index contributed by atoms with van der Waals surface area (Å²) in [5, 5.41) is 8.48. The molecule has 2 aromatic heterocycles. The number of hydrogen-bond acceptors (Lipinski definition) is 9. The van der Waals surface area contributed by atoms with Crippen LogP contribution in [0.4, 0.5) is 11.7 Å². The number of likely N-dealkylation sites (tertiary alicyclic amines) is 1. The standard InChI is InChI=1S/C22H32N6O3/c1-17-14-21(31-18(17)2)26-23-16-19-15-20(28-9-11-29-12-10-28)25-22(24-19)30-13-8-27-6-4-3-5-7-27/h14-15H,3-13,16H2,1-2H3. The lowest BCUT2D eigenvalue weighted by Crippen LogP contribution is -2.37. The monoisotopic (exact) mass is 428 g/mol. The largest absolute Gasteiger partial charge is 0.462 e. The van der Waals surface area contributed by atoms with Gasteiger partial charge in [-0.25, -0.2) is 0 Å². The molecule has 9 nitrogen and oxygen atoms in total. The Balaban J connectivity index is 1.42. The van der Waals surface area contributed by atoms with Crippen molar-refractivity contribution in [2.45, 2.75) is 39.7 Å². The fourth-order valence-electron chi connectivity index (χ4n) is 3.79. The fourth-order valence-corrected chi connectivity index (χ4v) is 3.79. The first-order chi connectivity index (χ1) is 15.2. The van der Waals surface area contributed by atoms with Crippen molar-refractivity contribution >= 4 is 11.7 Å². The van der Waals surface area contributed by atoms with Gasteiger partial charge in [-0.05, 0) is 45.3 Å². The highest BCUT2D eigenvalue weighted by Crippen LogP contribution is 2.22. The second kappa shape index (κ2) is 10.7. The van der Waals surface area contributed by atoms with Gasteiger partial charge in [-0.15, -0.1) is 5.11 Å². The average Bonchev–Trinajstić information content (AvgIpc) is 3.12. The smallest absolute Gasteiger partial charge is 0.318 e. The highest BCUT2D eigenvalue weighted by Gasteiger charge is 2.16. The SMILES string of the molecule is Cc1cc(N=NCc2cc(N3CCOCC3)nc(OCCN3CCCCC3)n2)oc1C. The van der Waals surface area contributed by atoms with E-state index in [-0.39, 0.29) is 0 Å². The Bertz CT molecular complexity index is 853. The Morgan fingerprint density at radius 2 is 1.84 bits per heavy atom. The molecule has 2 fully saturated rings. The molecule has 2 saturated heterocycles. The van der Waals surface area contributed by atoms with Gasteiger partial charge in [0.15, 0.2) is 0 Å². The second-order valence-electron chi connectivity index (χ2n) is 8.07. The third-order valence-corrected chi connectivity index (χ3v) is 5.72. The molecule has 9 heteroatoms. The Labute approximate surface area is 183 Å². The molecule has 0 spiro atoms. The maximum atomic E-state index is 5.95. The summed E-state index contributed by atoms with van der Waals surface area (Å²) in [5.41, 5.74) is 1.84. The average molecular weight is 429 g/mol. The van der Waals surface area contributed by atoms with Crippen LogP contribution in [0.25, 0.3) is 0 Å². The van der Waals surface area contributed by atoms with E-state index >= 15 is 0 Å². The van der Waals surface area contributed by atoms with Crippen molar-refractivity contribution in [2.24, 2.45) is 10.2 Å². The van der Waals surface area contributed by atoms with Crippen LogP contribution in [0.2, 0.25) is 0 Å². The van der Waals surface area contributed by atoms with E-state index in [1.165, 1.54) is 19.3 Å². The summed E-state index contributed by atoms with van der Waals surface area (Å²) < 4.78 is 17.0. The summed E-state index contributed by atoms with van der Waals surface area (Å²) in [6.45, 7) is 11.0. The van der Waals surface area contributed by atoms with Gasteiger partial charge in [0.2, 0.25) is 5.88 Å². The minimum absolute atomic E-state index is 0.334. The molecule has 4 rings (SSSR count). The minimum Gasteiger partial charge on any atom is -0.462 e. The van der Waals surface area contributed by atoms with Gasteiger partial charge in [-0.1, -0.05) is 6.42 Å². The highest BCUT2D eigenvalue weighted by atomic mass is 16.5. The van der Waals surface area contributed by atoms with E-state index < -0.39 is 0 Å². The molecule has 0 saturated carbocycles. The predicted octanol–water partition coefficient (Wildman–Crippen LogP) is 3.67. The number of nitrogens with zero attached hydrogens (tertiary/aromatic N) is 6. The summed E-state index contributed by atoms with van der Waals surface area (Å²) in [4.78, 5) is 13.9. The van der Waals surface area contributed by atoms with Crippen LogP contribution in [0.1, 0.15) is 36.3 Å². The van der Waals surface area contributed by atoms with Crippen LogP contribution in [-0.2, 0) is 11.3 Å². The molecule has 0 aliphatic carbocycles. The van der Waals surface area contributed by atoms with Gasteiger partial charge in [-0.2, -0.15) is 15.1 Å². The van der Waals surface area contributed by atoms with Crippen LogP contribution in [0.3, 0.4) is 0 Å². The van der Waals surface area contributed by atoms with Gasteiger partial charge in [-0.3, -0.25) is 4.90 Å². The number of aromatic nitrogens is 2. The number of morpholine rings is 1. The van der Waals surface area contributed by atoms with Crippen LogP contribution in [0, 0.1) is 13.8 Å². The highest BCUT2D eigenvalue weighted by molar-refractivity contribution is 5.41. The van der Waals surface area contributed by atoms with Crippen molar-refractivity contribution in [3.63, 3.8) is 0 Å². The zero-order chi connectivity index (χ0) is 21.5. The maximum Gasteiger partial charge on any atom is 0.318 e. The van der Waals surface area contributed by atoms with Crippen LogP contribution >= 0.6 is 0 Å². The Kier molecular flexibility index (Phi) is 7.48. The van der Waals surface area contributed by atoms with Crippen molar-refractivity contribution in [1.29, 1.82) is 0 Å². The molecule has 0 amide bonds. The van der Waals surface area contributed by atoms with Crippen molar-refractivity contribution in [3.05, 3.63) is 29.2 Å². The molecule has 2 aromatic rings. The molecule has 0 unspecified atom stereocenters. The second-order valence-corrected chi connectivity index (χ2v) is 8.07. The zero-order valence-electron chi connectivity index (χ0n) is 18.5. The van der Waals surface area contributed by atoms with E-state index in [0.29, 0.717) is 38.3 Å². The van der Waals surface area contributed by atoms with Crippen LogP contribution in [-0.4, -0.2) is 67.4 Å². The van der Waals surface area contributed by atoms with Gasteiger partial charge in [0.05, 0.1) is 18.9 Å². The number of azo groups is 1. The van der Waals surface area contributed by atoms with Crippen molar-refractivity contribution in [2.75, 3.05) is 57.4 Å². The van der Waals surface area contributed by atoms with Gasteiger partial charge in [0.1, 0.15) is 24.7 Å². The molecule has 2 aliphatic rings. The van der Waals surface area contributed by atoms with E-state index in [1.54, 1.807) is 0 Å². The van der Waals surface area contributed by atoms with Gasteiger partial charge < -0.3 is 18.8 Å². The molecule has 0 atom stereocenters. The molecule has 4 heterocycles. The van der Waals surface area contributed by atoms with Crippen LogP contribution in [0.15, 0.2) is 26.8 Å². The fraction of sp³-hybridized carbons (Fsp3) is 0.636. The number of rotatable bonds is 8. The zero-order valence-corrected chi connectivity index (χ0v) is 18.5. The lowest BCUT2D eigenvalue weighted by molar-refractivity contribution is 0.122. The summed E-state index contributed by atoms with van der Waals surface area (Å²) in [6, 6.07) is 4.24. The molecular formula is C22H32N6O3. The first-order valence-corrected chi connectivity index (χ1v) is 11.2. The molecule has 0 radical (unpaired) electrons. The Morgan fingerprint density at radius 3 is 2.58 bits per heavy atom.